The Labute approximate surface area is 129 Å². The Hall–Kier alpha value is -1.40. The normalized spacial score (nSPS) is 14.2. The van der Waals surface area contributed by atoms with Crippen molar-refractivity contribution in [1.82, 2.24) is 4.98 Å². The summed E-state index contributed by atoms with van der Waals surface area (Å²) in [7, 11) is 0. The summed E-state index contributed by atoms with van der Waals surface area (Å²) in [6.45, 7) is 0.711. The highest BCUT2D eigenvalue weighted by Crippen LogP contribution is 2.34. The third kappa shape index (κ3) is 2.86. The smallest absolute Gasteiger partial charge is 0.339 e. The molecule has 0 radical (unpaired) electrons. The van der Waals surface area contributed by atoms with Crippen molar-refractivity contribution in [2.45, 2.75) is 25.4 Å². The molecule has 0 bridgehead atoms. The molecule has 1 aliphatic carbocycles. The van der Waals surface area contributed by atoms with Crippen LogP contribution < -0.4 is 4.90 Å². The van der Waals surface area contributed by atoms with Crippen molar-refractivity contribution >= 4 is 39.1 Å². The minimum Gasteiger partial charge on any atom is -0.478 e. The number of carboxylic acid groups (broad SMARTS) is 1. The molecule has 1 fully saturated rings. The van der Waals surface area contributed by atoms with E-state index in [9.17, 15) is 9.90 Å². The molecule has 0 aromatic carbocycles. The number of anilines is 1. The molecule has 2 aromatic heterocycles. The van der Waals surface area contributed by atoms with Gasteiger partial charge in [-0.25, -0.2) is 9.78 Å². The highest BCUT2D eigenvalue weighted by molar-refractivity contribution is 9.10. The van der Waals surface area contributed by atoms with E-state index in [1.54, 1.807) is 23.6 Å². The fourth-order valence-electron chi connectivity index (χ4n) is 2.16. The zero-order valence-corrected chi connectivity index (χ0v) is 13.0. The van der Waals surface area contributed by atoms with Crippen molar-refractivity contribution in [3.05, 3.63) is 44.7 Å². The number of nitrogens with zero attached hydrogens (tertiary/aromatic N) is 2. The molecule has 0 saturated heterocycles. The summed E-state index contributed by atoms with van der Waals surface area (Å²) in [6.07, 6.45) is 3.85. The van der Waals surface area contributed by atoms with E-state index in [4.69, 9.17) is 0 Å². The Kier molecular flexibility index (Phi) is 3.76. The number of thiophene rings is 1. The highest BCUT2D eigenvalue weighted by Gasteiger charge is 2.32. The third-order valence-electron chi connectivity index (χ3n) is 3.26. The van der Waals surface area contributed by atoms with Gasteiger partial charge in [-0.05, 0) is 57.2 Å². The quantitative estimate of drug-likeness (QED) is 0.889. The van der Waals surface area contributed by atoms with E-state index in [0.717, 1.165) is 12.8 Å². The number of rotatable bonds is 5. The van der Waals surface area contributed by atoms with E-state index in [1.165, 1.54) is 5.56 Å². The molecule has 6 heteroatoms. The van der Waals surface area contributed by atoms with Crippen molar-refractivity contribution in [3.63, 3.8) is 0 Å². The van der Waals surface area contributed by atoms with Gasteiger partial charge in [0.05, 0.1) is 0 Å². The highest BCUT2D eigenvalue weighted by atomic mass is 79.9. The number of carbonyl (C=O) groups is 1. The number of aromatic nitrogens is 1. The monoisotopic (exact) mass is 352 g/mol. The van der Waals surface area contributed by atoms with Crippen LogP contribution in [0.25, 0.3) is 0 Å². The van der Waals surface area contributed by atoms with Gasteiger partial charge in [0.1, 0.15) is 11.4 Å². The molecule has 4 nitrogen and oxygen atoms in total. The van der Waals surface area contributed by atoms with Crippen LogP contribution in [0.3, 0.4) is 0 Å². The number of aromatic carboxylic acids is 1. The van der Waals surface area contributed by atoms with E-state index in [0.29, 0.717) is 22.9 Å². The van der Waals surface area contributed by atoms with Gasteiger partial charge in [0.2, 0.25) is 0 Å². The summed E-state index contributed by atoms with van der Waals surface area (Å²) in [6, 6.07) is 4.09. The Bertz CT molecular complexity index is 626. The average molecular weight is 353 g/mol. The number of pyridine rings is 1. The largest absolute Gasteiger partial charge is 0.478 e. The third-order valence-corrected chi connectivity index (χ3v) is 4.42. The topological polar surface area (TPSA) is 53.4 Å². The first-order valence-corrected chi connectivity index (χ1v) is 8.05. The van der Waals surface area contributed by atoms with Crippen LogP contribution in [0.5, 0.6) is 0 Å². The average Bonchev–Trinajstić information content (AvgIpc) is 3.13. The van der Waals surface area contributed by atoms with Gasteiger partial charge in [-0.15, -0.1) is 0 Å². The maximum Gasteiger partial charge on any atom is 0.339 e. The molecular weight excluding hydrogens is 340 g/mol. The summed E-state index contributed by atoms with van der Waals surface area (Å²) < 4.78 is 0.685. The Morgan fingerprint density at radius 2 is 2.35 bits per heavy atom. The van der Waals surface area contributed by atoms with Crippen LogP contribution in [0.15, 0.2) is 33.6 Å². The van der Waals surface area contributed by atoms with Crippen LogP contribution in [-0.2, 0) is 6.54 Å². The van der Waals surface area contributed by atoms with Crippen molar-refractivity contribution < 1.29 is 9.90 Å². The van der Waals surface area contributed by atoms with Crippen LogP contribution in [0, 0.1) is 0 Å². The molecule has 1 N–H and O–H groups in total. The number of halogens is 1. The van der Waals surface area contributed by atoms with Gasteiger partial charge < -0.3 is 10.0 Å². The fourth-order valence-corrected chi connectivity index (χ4v) is 3.15. The SMILES string of the molecule is O=C(O)c1cc(Br)cnc1N(Cc1ccsc1)C1CC1. The van der Waals surface area contributed by atoms with Gasteiger partial charge in [-0.3, -0.25) is 0 Å². The molecule has 0 atom stereocenters. The molecule has 104 valence electrons. The molecule has 0 unspecified atom stereocenters. The van der Waals surface area contributed by atoms with E-state index in [1.807, 2.05) is 5.38 Å². The minimum absolute atomic E-state index is 0.251. The lowest BCUT2D eigenvalue weighted by Gasteiger charge is -2.24. The Morgan fingerprint density at radius 3 is 2.95 bits per heavy atom. The van der Waals surface area contributed by atoms with Gasteiger partial charge >= 0.3 is 5.97 Å². The van der Waals surface area contributed by atoms with E-state index in [-0.39, 0.29) is 5.56 Å². The molecule has 2 aromatic rings. The Morgan fingerprint density at radius 1 is 1.55 bits per heavy atom. The fraction of sp³-hybridized carbons (Fsp3) is 0.286. The van der Waals surface area contributed by atoms with Gasteiger partial charge in [0.15, 0.2) is 0 Å². The summed E-state index contributed by atoms with van der Waals surface area (Å²) in [5.41, 5.74) is 1.45. The van der Waals surface area contributed by atoms with Crippen molar-refractivity contribution in [3.8, 4) is 0 Å². The van der Waals surface area contributed by atoms with Crippen LogP contribution >= 0.6 is 27.3 Å². The number of carboxylic acids is 1. The second-order valence-corrected chi connectivity index (χ2v) is 6.52. The molecule has 2 heterocycles. The zero-order chi connectivity index (χ0) is 14.1. The van der Waals surface area contributed by atoms with Crippen LogP contribution in [-0.4, -0.2) is 22.1 Å². The van der Waals surface area contributed by atoms with Crippen LogP contribution in [0.4, 0.5) is 5.82 Å². The summed E-state index contributed by atoms with van der Waals surface area (Å²) in [5.74, 6) is -0.376. The predicted molar refractivity (Wildman–Crippen MR) is 82.4 cm³/mol. The molecule has 0 amide bonds. The lowest BCUT2D eigenvalue weighted by molar-refractivity contribution is 0.0697. The predicted octanol–water partition coefficient (Wildman–Crippen LogP) is 3.77. The van der Waals surface area contributed by atoms with Crippen molar-refractivity contribution in [1.29, 1.82) is 0 Å². The molecular formula is C14H13BrN2O2S. The second-order valence-electron chi connectivity index (χ2n) is 4.82. The molecule has 0 aliphatic heterocycles. The first kappa shape index (κ1) is 13.6. The van der Waals surface area contributed by atoms with Gasteiger partial charge in [-0.2, -0.15) is 11.3 Å². The van der Waals surface area contributed by atoms with E-state index in [2.05, 4.69) is 37.3 Å². The number of hydrogen-bond donors (Lipinski definition) is 1. The van der Waals surface area contributed by atoms with Gasteiger partial charge in [0, 0.05) is 23.3 Å². The molecule has 20 heavy (non-hydrogen) atoms. The summed E-state index contributed by atoms with van der Waals surface area (Å²) >= 11 is 4.94. The summed E-state index contributed by atoms with van der Waals surface area (Å²) in [4.78, 5) is 17.9. The first-order valence-electron chi connectivity index (χ1n) is 6.31. The first-order chi connectivity index (χ1) is 9.65. The molecule has 3 rings (SSSR count). The van der Waals surface area contributed by atoms with Gasteiger partial charge in [-0.1, -0.05) is 0 Å². The van der Waals surface area contributed by atoms with E-state index >= 15 is 0 Å². The maximum absolute atomic E-state index is 11.4. The van der Waals surface area contributed by atoms with Crippen molar-refractivity contribution in [2.75, 3.05) is 4.90 Å². The minimum atomic E-state index is -0.940. The van der Waals surface area contributed by atoms with Gasteiger partial charge in [0.25, 0.3) is 0 Å². The van der Waals surface area contributed by atoms with Crippen LogP contribution in [0.2, 0.25) is 0 Å². The van der Waals surface area contributed by atoms with E-state index < -0.39 is 5.97 Å². The standard InChI is InChI=1S/C14H13BrN2O2S/c15-10-5-12(14(18)19)13(16-6-10)17(11-1-2-11)7-9-3-4-20-8-9/h3-6,8,11H,1-2,7H2,(H,18,19). The molecule has 0 spiro atoms. The maximum atomic E-state index is 11.4. The lowest BCUT2D eigenvalue weighted by atomic mass is 10.2. The molecule has 1 aliphatic rings. The molecule has 1 saturated carbocycles. The van der Waals surface area contributed by atoms with Crippen LogP contribution in [0.1, 0.15) is 28.8 Å². The Balaban J connectivity index is 1.97. The lowest BCUT2D eigenvalue weighted by Crippen LogP contribution is -2.27. The number of hydrogen-bond acceptors (Lipinski definition) is 4. The zero-order valence-electron chi connectivity index (χ0n) is 10.6. The van der Waals surface area contributed by atoms with Crippen molar-refractivity contribution in [2.24, 2.45) is 0 Å². The summed E-state index contributed by atoms with van der Waals surface area (Å²) in [5, 5.41) is 13.5. The second kappa shape index (κ2) is 5.54.